The lowest BCUT2D eigenvalue weighted by Crippen LogP contribution is -2.43. The number of nitrogens with one attached hydrogen (secondary N) is 1. The van der Waals surface area contributed by atoms with Crippen molar-refractivity contribution in [1.82, 2.24) is 5.32 Å². The molecule has 0 spiro atoms. The van der Waals surface area contributed by atoms with Crippen molar-refractivity contribution in [2.45, 2.75) is 29.2 Å². The van der Waals surface area contributed by atoms with E-state index in [0.29, 0.717) is 13.2 Å². The molecule has 192 valence electrons. The van der Waals surface area contributed by atoms with Crippen LogP contribution in [0.5, 0.6) is 5.75 Å². The zero-order chi connectivity index (χ0) is 25.5. The van der Waals surface area contributed by atoms with E-state index in [1.807, 2.05) is 54.6 Å². The van der Waals surface area contributed by atoms with E-state index < -0.39 is 21.8 Å². The molecule has 0 aliphatic carbocycles. The first-order valence-electron chi connectivity index (χ1n) is 10.8. The number of carbonyl (C=O) groups excluding carboxylic acids is 1. The summed E-state index contributed by atoms with van der Waals surface area (Å²) in [5, 5.41) is 2.66. The minimum atomic E-state index is -2.10. The van der Waals surface area contributed by atoms with Crippen molar-refractivity contribution in [2.24, 2.45) is 0 Å². The van der Waals surface area contributed by atoms with Gasteiger partial charge in [-0.15, -0.1) is 0 Å². The third kappa shape index (κ3) is 12.1. The second-order valence-corrected chi connectivity index (χ2v) is 9.72. The van der Waals surface area contributed by atoms with Gasteiger partial charge in [0.05, 0.1) is 39.6 Å². The number of methoxy groups -OCH3 is 2. The van der Waals surface area contributed by atoms with Gasteiger partial charge in [-0.2, -0.15) is 0 Å². The van der Waals surface area contributed by atoms with E-state index >= 15 is 0 Å². The predicted octanol–water partition coefficient (Wildman–Crippen LogP) is 4.83. The van der Waals surface area contributed by atoms with Crippen LogP contribution in [0.4, 0.5) is 0 Å². The highest BCUT2D eigenvalue weighted by Crippen LogP contribution is 2.26. The molecular formula is C25H30Cl3NO6. The molecule has 0 radical (unpaired) electrons. The lowest BCUT2D eigenvalue weighted by atomic mass is 10.2. The summed E-state index contributed by atoms with van der Waals surface area (Å²) in [5.41, 5.74) is 1.98. The van der Waals surface area contributed by atoms with Crippen molar-refractivity contribution in [3.05, 3.63) is 77.9 Å². The van der Waals surface area contributed by atoms with Crippen LogP contribution in [0.15, 0.2) is 66.7 Å². The van der Waals surface area contributed by atoms with Gasteiger partial charge >= 0.3 is 0 Å². The topological polar surface area (TPSA) is 75.2 Å². The Morgan fingerprint density at radius 1 is 0.914 bits per heavy atom. The zero-order valence-corrected chi connectivity index (χ0v) is 21.9. The molecule has 7 nitrogen and oxygen atoms in total. The summed E-state index contributed by atoms with van der Waals surface area (Å²) in [6.07, 6.45) is 3.02. The molecule has 1 N–H and O–H groups in total. The largest absolute Gasteiger partial charge is 0.497 e. The second kappa shape index (κ2) is 16.0. The van der Waals surface area contributed by atoms with Crippen LogP contribution in [-0.4, -0.2) is 56.1 Å². The lowest BCUT2D eigenvalue weighted by Gasteiger charge is -2.20. The molecule has 1 amide bonds. The summed E-state index contributed by atoms with van der Waals surface area (Å²) in [6.45, 7) is 1.22. The van der Waals surface area contributed by atoms with Crippen LogP contribution in [-0.2, 0) is 37.0 Å². The summed E-state index contributed by atoms with van der Waals surface area (Å²) in [7, 11) is 3.14. The lowest BCUT2D eigenvalue weighted by molar-refractivity contribution is -0.121. The number of benzene rings is 2. The van der Waals surface area contributed by atoms with Crippen molar-refractivity contribution in [1.29, 1.82) is 0 Å². The molecular weight excluding hydrogens is 517 g/mol. The van der Waals surface area contributed by atoms with Gasteiger partial charge in [-0.3, -0.25) is 4.79 Å². The maximum atomic E-state index is 12.2. The highest BCUT2D eigenvalue weighted by Gasteiger charge is 2.31. The average molecular weight is 547 g/mol. The summed E-state index contributed by atoms with van der Waals surface area (Å²) in [4.78, 5) is 12.2. The molecule has 0 aliphatic heterocycles. The number of hydrogen-bond acceptors (Lipinski definition) is 6. The van der Waals surface area contributed by atoms with Gasteiger partial charge in [-0.05, 0) is 23.3 Å². The fraction of sp³-hybridized carbons (Fsp3) is 0.400. The number of ether oxygens (including phenoxy) is 5. The maximum Gasteiger partial charge on any atom is 0.272 e. The van der Waals surface area contributed by atoms with Gasteiger partial charge in [0.2, 0.25) is 0 Å². The van der Waals surface area contributed by atoms with Gasteiger partial charge in [-0.25, -0.2) is 0 Å². The minimum absolute atomic E-state index is 0.0661. The Labute approximate surface area is 221 Å². The monoisotopic (exact) mass is 545 g/mol. The van der Waals surface area contributed by atoms with Crippen LogP contribution in [0.1, 0.15) is 11.1 Å². The number of rotatable bonds is 15. The molecule has 10 heteroatoms. The van der Waals surface area contributed by atoms with Gasteiger partial charge in [0.1, 0.15) is 18.6 Å². The van der Waals surface area contributed by atoms with Crippen LogP contribution in [0.2, 0.25) is 0 Å². The quantitative estimate of drug-likeness (QED) is 0.196. The number of alkyl halides is 3. The van der Waals surface area contributed by atoms with Gasteiger partial charge in [0.25, 0.3) is 9.70 Å². The van der Waals surface area contributed by atoms with E-state index in [2.05, 4.69) is 5.32 Å². The molecule has 0 saturated carbocycles. The predicted molar refractivity (Wildman–Crippen MR) is 137 cm³/mol. The number of carbonyl (C=O) groups is 1. The van der Waals surface area contributed by atoms with E-state index in [0.717, 1.165) is 16.9 Å². The minimum Gasteiger partial charge on any atom is -0.497 e. The SMILES string of the molecule is COCO[C@H](/C=C/[C@@H](COCc1ccccc1)NC(=O)C(Cl)(Cl)Cl)COCc1ccc(OC)cc1. The van der Waals surface area contributed by atoms with Gasteiger partial charge in [-0.1, -0.05) is 89.4 Å². The van der Waals surface area contributed by atoms with Crippen LogP contribution in [0.25, 0.3) is 0 Å². The Hall–Kier alpha value is -1.84. The first-order chi connectivity index (χ1) is 16.8. The van der Waals surface area contributed by atoms with Crippen molar-refractivity contribution in [2.75, 3.05) is 34.2 Å². The first kappa shape index (κ1) is 29.4. The zero-order valence-electron chi connectivity index (χ0n) is 19.6. The molecule has 0 heterocycles. The van der Waals surface area contributed by atoms with Gasteiger partial charge in [0, 0.05) is 7.11 Å². The van der Waals surface area contributed by atoms with E-state index in [4.69, 9.17) is 58.5 Å². The molecule has 0 aliphatic rings. The molecule has 0 fully saturated rings. The van der Waals surface area contributed by atoms with Gasteiger partial charge < -0.3 is 29.0 Å². The molecule has 0 unspecified atom stereocenters. The standard InChI is InChI=1S/C25H30Cl3NO6/c1-31-18-35-23(17-34-15-20-8-11-22(32-2)12-9-20)13-10-21(29-24(30)25(26,27)28)16-33-14-19-6-4-3-5-7-19/h3-13,21,23H,14-18H2,1-2H3,(H,29,30)/b13-10+/t21-,23+/m0/s1. The number of hydrogen-bond donors (Lipinski definition) is 1. The van der Waals surface area contributed by atoms with Crippen molar-refractivity contribution in [3.8, 4) is 5.75 Å². The summed E-state index contributed by atoms with van der Waals surface area (Å²) in [6, 6.07) is 16.7. The van der Waals surface area contributed by atoms with Crippen LogP contribution in [0.3, 0.4) is 0 Å². The third-order valence-corrected chi connectivity index (χ3v) is 5.17. The van der Waals surface area contributed by atoms with E-state index in [1.54, 1.807) is 19.3 Å². The Balaban J connectivity index is 1.97. The summed E-state index contributed by atoms with van der Waals surface area (Å²) < 4.78 is 25.3. The molecule has 0 aromatic heterocycles. The Bertz CT molecular complexity index is 890. The highest BCUT2D eigenvalue weighted by atomic mass is 35.6. The van der Waals surface area contributed by atoms with Crippen molar-refractivity contribution in [3.63, 3.8) is 0 Å². The van der Waals surface area contributed by atoms with Gasteiger partial charge in [0.15, 0.2) is 0 Å². The number of halogens is 3. The van der Waals surface area contributed by atoms with Crippen LogP contribution >= 0.6 is 34.8 Å². The normalized spacial score (nSPS) is 13.5. The van der Waals surface area contributed by atoms with E-state index in [1.165, 1.54) is 7.11 Å². The smallest absolute Gasteiger partial charge is 0.272 e. The molecule has 2 aromatic carbocycles. The maximum absolute atomic E-state index is 12.2. The fourth-order valence-electron chi connectivity index (χ4n) is 2.86. The van der Waals surface area contributed by atoms with Crippen LogP contribution in [0, 0.1) is 0 Å². The van der Waals surface area contributed by atoms with Crippen molar-refractivity contribution >= 4 is 40.7 Å². The van der Waals surface area contributed by atoms with Crippen molar-refractivity contribution < 1.29 is 28.5 Å². The molecule has 0 bridgehead atoms. The van der Waals surface area contributed by atoms with E-state index in [-0.39, 0.29) is 20.0 Å². The highest BCUT2D eigenvalue weighted by molar-refractivity contribution is 6.76. The van der Waals surface area contributed by atoms with E-state index in [9.17, 15) is 4.79 Å². The number of amides is 1. The third-order valence-electron chi connectivity index (χ3n) is 4.65. The Morgan fingerprint density at radius 2 is 1.54 bits per heavy atom. The second-order valence-electron chi connectivity index (χ2n) is 7.44. The molecule has 0 saturated heterocycles. The van der Waals surface area contributed by atoms with Crippen LogP contribution < -0.4 is 10.1 Å². The molecule has 2 atom stereocenters. The average Bonchev–Trinajstić information content (AvgIpc) is 2.85. The first-order valence-corrected chi connectivity index (χ1v) is 11.9. The Morgan fingerprint density at radius 3 is 2.14 bits per heavy atom. The fourth-order valence-corrected chi connectivity index (χ4v) is 3.02. The summed E-state index contributed by atoms with van der Waals surface area (Å²) in [5.74, 6) is 0.0148. The molecule has 2 aromatic rings. The molecule has 2 rings (SSSR count). The summed E-state index contributed by atoms with van der Waals surface area (Å²) >= 11 is 17.2. The molecule has 35 heavy (non-hydrogen) atoms. The Kier molecular flexibility index (Phi) is 13.4.